The largest absolute Gasteiger partial charge is 0.397 e. The number of rotatable bonds is 3. The topological polar surface area (TPSA) is 95.7 Å². The van der Waals surface area contributed by atoms with Crippen LogP contribution in [0.25, 0.3) is 0 Å². The van der Waals surface area contributed by atoms with Crippen molar-refractivity contribution in [2.24, 2.45) is 0 Å². The van der Waals surface area contributed by atoms with E-state index >= 15 is 0 Å². The molecule has 0 saturated carbocycles. The maximum absolute atomic E-state index is 12.2. The van der Waals surface area contributed by atoms with Crippen molar-refractivity contribution in [1.82, 2.24) is 9.62 Å². The Balaban J connectivity index is 2.42. The lowest BCUT2D eigenvalue weighted by molar-refractivity contribution is -0.119. The summed E-state index contributed by atoms with van der Waals surface area (Å²) in [4.78, 5) is 13.6. The van der Waals surface area contributed by atoms with Gasteiger partial charge in [-0.3, -0.25) is 4.79 Å². The molecule has 1 saturated heterocycles. The van der Waals surface area contributed by atoms with Gasteiger partial charge in [0.15, 0.2) is 0 Å². The van der Waals surface area contributed by atoms with Crippen LogP contribution >= 0.6 is 0 Å². The highest BCUT2D eigenvalue weighted by Crippen LogP contribution is 2.28. The zero-order valence-corrected chi connectivity index (χ0v) is 13.0. The quantitative estimate of drug-likeness (QED) is 0.757. The van der Waals surface area contributed by atoms with Gasteiger partial charge in [0, 0.05) is 27.2 Å². The third kappa shape index (κ3) is 3.27. The summed E-state index contributed by atoms with van der Waals surface area (Å²) in [5, 5.41) is 2.78. The van der Waals surface area contributed by atoms with Crippen LogP contribution in [0, 0.1) is 0 Å². The standard InChI is InChI=1S/C13H20N4O3S/c1-16(2)21(19,20)10-4-5-11(14)12(8-10)17-7-3-6-15-13(18)9-17/h4-5,8H,3,6-7,9,14H2,1-2H3,(H,15,18). The molecule has 2 rings (SSSR count). The fourth-order valence-corrected chi connectivity index (χ4v) is 3.10. The number of hydrogen-bond donors (Lipinski definition) is 2. The molecule has 1 aliphatic rings. The smallest absolute Gasteiger partial charge is 0.242 e. The highest BCUT2D eigenvalue weighted by atomic mass is 32.2. The molecule has 3 N–H and O–H groups in total. The number of carbonyl (C=O) groups is 1. The highest BCUT2D eigenvalue weighted by Gasteiger charge is 2.22. The number of sulfonamides is 1. The number of anilines is 2. The van der Waals surface area contributed by atoms with Crippen LogP contribution in [0.3, 0.4) is 0 Å². The molecule has 0 aromatic heterocycles. The summed E-state index contributed by atoms with van der Waals surface area (Å²) in [5.74, 6) is -0.0900. The van der Waals surface area contributed by atoms with Gasteiger partial charge in [0.25, 0.3) is 0 Å². The van der Waals surface area contributed by atoms with Gasteiger partial charge in [-0.1, -0.05) is 0 Å². The van der Waals surface area contributed by atoms with Gasteiger partial charge < -0.3 is 16.0 Å². The number of amides is 1. The van der Waals surface area contributed by atoms with Gasteiger partial charge in [0.05, 0.1) is 22.8 Å². The van der Waals surface area contributed by atoms with E-state index in [1.165, 1.54) is 26.2 Å². The number of nitrogen functional groups attached to an aromatic ring is 1. The lowest BCUT2D eigenvalue weighted by atomic mass is 10.2. The third-order valence-corrected chi connectivity index (χ3v) is 5.19. The lowest BCUT2D eigenvalue weighted by Gasteiger charge is -2.24. The minimum absolute atomic E-state index is 0.0900. The first-order valence-corrected chi connectivity index (χ1v) is 8.10. The van der Waals surface area contributed by atoms with E-state index in [4.69, 9.17) is 5.73 Å². The zero-order chi connectivity index (χ0) is 15.6. The van der Waals surface area contributed by atoms with Crippen molar-refractivity contribution in [2.45, 2.75) is 11.3 Å². The van der Waals surface area contributed by atoms with Gasteiger partial charge >= 0.3 is 0 Å². The maximum Gasteiger partial charge on any atom is 0.242 e. The molecule has 1 fully saturated rings. The zero-order valence-electron chi connectivity index (χ0n) is 12.2. The Morgan fingerprint density at radius 2 is 2.05 bits per heavy atom. The summed E-state index contributed by atoms with van der Waals surface area (Å²) in [6.07, 6.45) is 0.788. The van der Waals surface area contributed by atoms with E-state index in [1.54, 1.807) is 6.07 Å². The Hall–Kier alpha value is -1.80. The van der Waals surface area contributed by atoms with Crippen molar-refractivity contribution in [3.8, 4) is 0 Å². The van der Waals surface area contributed by atoms with Crippen molar-refractivity contribution >= 4 is 27.3 Å². The maximum atomic E-state index is 12.2. The van der Waals surface area contributed by atoms with Crippen LogP contribution in [0.4, 0.5) is 11.4 Å². The molecule has 0 spiro atoms. The average molecular weight is 312 g/mol. The Bertz CT molecular complexity index is 643. The minimum Gasteiger partial charge on any atom is -0.397 e. The fraction of sp³-hybridized carbons (Fsp3) is 0.462. The van der Waals surface area contributed by atoms with E-state index in [-0.39, 0.29) is 17.3 Å². The second kappa shape index (κ2) is 5.90. The third-order valence-electron chi connectivity index (χ3n) is 3.38. The van der Waals surface area contributed by atoms with Gasteiger partial charge in [-0.15, -0.1) is 0 Å². The number of nitrogens with one attached hydrogen (secondary N) is 1. The summed E-state index contributed by atoms with van der Waals surface area (Å²) < 4.78 is 25.5. The van der Waals surface area contributed by atoms with E-state index in [9.17, 15) is 13.2 Å². The summed E-state index contributed by atoms with van der Waals surface area (Å²) in [6, 6.07) is 4.57. The second-order valence-corrected chi connectivity index (χ2v) is 7.28. The number of carbonyl (C=O) groups excluding carboxylic acids is 1. The predicted molar refractivity (Wildman–Crippen MR) is 81.6 cm³/mol. The van der Waals surface area contributed by atoms with Crippen LogP contribution in [0.1, 0.15) is 6.42 Å². The van der Waals surface area contributed by atoms with E-state index in [0.717, 1.165) is 10.7 Å². The van der Waals surface area contributed by atoms with E-state index < -0.39 is 10.0 Å². The van der Waals surface area contributed by atoms with Gasteiger partial charge in [-0.05, 0) is 24.6 Å². The predicted octanol–water partition coefficient (Wildman–Crippen LogP) is -0.155. The van der Waals surface area contributed by atoms with Gasteiger partial charge in [0.1, 0.15) is 0 Å². The Morgan fingerprint density at radius 1 is 1.33 bits per heavy atom. The minimum atomic E-state index is -3.53. The molecule has 1 heterocycles. The van der Waals surface area contributed by atoms with Crippen molar-refractivity contribution in [1.29, 1.82) is 0 Å². The summed E-state index contributed by atoms with van der Waals surface area (Å²) in [7, 11) is -0.573. The summed E-state index contributed by atoms with van der Waals surface area (Å²) in [5.41, 5.74) is 6.99. The van der Waals surface area contributed by atoms with Gasteiger partial charge in [-0.25, -0.2) is 12.7 Å². The Morgan fingerprint density at radius 3 is 2.71 bits per heavy atom. The Labute approximate surface area is 124 Å². The molecule has 1 aromatic rings. The van der Waals surface area contributed by atoms with Crippen molar-refractivity contribution in [3.63, 3.8) is 0 Å². The van der Waals surface area contributed by atoms with Crippen LogP contribution in [-0.2, 0) is 14.8 Å². The van der Waals surface area contributed by atoms with Crippen LogP contribution in [0.5, 0.6) is 0 Å². The molecule has 7 nitrogen and oxygen atoms in total. The summed E-state index contributed by atoms with van der Waals surface area (Å²) >= 11 is 0. The van der Waals surface area contributed by atoms with Crippen LogP contribution in [0.2, 0.25) is 0 Å². The molecule has 0 atom stereocenters. The molecule has 116 valence electrons. The number of nitrogens with two attached hydrogens (primary N) is 1. The van der Waals surface area contributed by atoms with Crippen LogP contribution in [-0.4, -0.2) is 52.4 Å². The molecule has 0 radical (unpaired) electrons. The van der Waals surface area contributed by atoms with E-state index in [0.29, 0.717) is 24.5 Å². The molecule has 0 unspecified atom stereocenters. The molecule has 0 aliphatic carbocycles. The van der Waals surface area contributed by atoms with Crippen molar-refractivity contribution in [3.05, 3.63) is 18.2 Å². The van der Waals surface area contributed by atoms with E-state index in [1.807, 2.05) is 4.90 Å². The van der Waals surface area contributed by atoms with E-state index in [2.05, 4.69) is 5.32 Å². The molecule has 1 aromatic carbocycles. The fourth-order valence-electron chi connectivity index (χ4n) is 2.18. The Kier molecular flexibility index (Phi) is 4.38. The first-order chi connectivity index (χ1) is 9.82. The highest BCUT2D eigenvalue weighted by molar-refractivity contribution is 7.89. The first kappa shape index (κ1) is 15.6. The lowest BCUT2D eigenvalue weighted by Crippen LogP contribution is -2.33. The van der Waals surface area contributed by atoms with Gasteiger partial charge in [0.2, 0.25) is 15.9 Å². The normalized spacial score (nSPS) is 16.7. The van der Waals surface area contributed by atoms with Crippen molar-refractivity contribution in [2.75, 3.05) is 44.4 Å². The molecular weight excluding hydrogens is 292 g/mol. The van der Waals surface area contributed by atoms with Crippen LogP contribution < -0.4 is 16.0 Å². The average Bonchev–Trinajstić information content (AvgIpc) is 2.63. The SMILES string of the molecule is CN(C)S(=O)(=O)c1ccc(N)c(N2CCCNC(=O)C2)c1. The molecular formula is C13H20N4O3S. The molecule has 1 aliphatic heterocycles. The summed E-state index contributed by atoms with van der Waals surface area (Å²) in [6.45, 7) is 1.44. The first-order valence-electron chi connectivity index (χ1n) is 6.66. The molecule has 21 heavy (non-hydrogen) atoms. The number of benzene rings is 1. The van der Waals surface area contributed by atoms with Crippen molar-refractivity contribution < 1.29 is 13.2 Å². The molecule has 0 bridgehead atoms. The van der Waals surface area contributed by atoms with Crippen LogP contribution in [0.15, 0.2) is 23.1 Å². The number of hydrogen-bond acceptors (Lipinski definition) is 5. The van der Waals surface area contributed by atoms with Gasteiger partial charge in [-0.2, -0.15) is 0 Å². The molecule has 1 amide bonds. The second-order valence-electron chi connectivity index (χ2n) is 5.13. The molecule has 8 heteroatoms. The number of nitrogens with zero attached hydrogens (tertiary/aromatic N) is 2. The monoisotopic (exact) mass is 312 g/mol.